The Labute approximate surface area is 151 Å². The zero-order valence-electron chi connectivity index (χ0n) is 16.6. The zero-order valence-corrected chi connectivity index (χ0v) is 17.6. The van der Waals surface area contributed by atoms with Gasteiger partial charge in [0.2, 0.25) is 0 Å². The number of hydrogen-bond acceptors (Lipinski definition) is 2. The van der Waals surface area contributed by atoms with Crippen molar-refractivity contribution in [2.24, 2.45) is 0 Å². The van der Waals surface area contributed by atoms with E-state index in [1.807, 2.05) is 6.92 Å². The third kappa shape index (κ3) is 4.23. The van der Waals surface area contributed by atoms with Crippen molar-refractivity contribution in [2.45, 2.75) is 96.9 Å². The number of unbranched alkanes of at least 4 members (excludes halogenated alkanes) is 3. The van der Waals surface area contributed by atoms with E-state index >= 15 is 0 Å². The van der Waals surface area contributed by atoms with Gasteiger partial charge in [0.1, 0.15) is 0 Å². The molecule has 0 aromatic carbocycles. The van der Waals surface area contributed by atoms with Crippen molar-refractivity contribution in [3.05, 3.63) is 34.6 Å². The van der Waals surface area contributed by atoms with Gasteiger partial charge in [-0.25, -0.2) is 0 Å². The number of allylic oxidation sites excluding steroid dienone is 2. The molecule has 0 saturated carbocycles. The van der Waals surface area contributed by atoms with E-state index in [2.05, 4.69) is 40.4 Å². The largest absolute Gasteiger partial charge is 0.512 e. The van der Waals surface area contributed by atoms with Gasteiger partial charge in [-0.2, -0.15) is 0 Å². The summed E-state index contributed by atoms with van der Waals surface area (Å²) in [5.41, 5.74) is 2.97. The summed E-state index contributed by atoms with van der Waals surface area (Å²) in [6.07, 6.45) is 7.00. The Morgan fingerprint density at radius 2 is 1.75 bits per heavy atom. The predicted molar refractivity (Wildman–Crippen MR) is 107 cm³/mol. The van der Waals surface area contributed by atoms with Crippen LogP contribution in [0.3, 0.4) is 0 Å². The number of aliphatic hydroxyl groups excluding tert-OH is 1. The molecule has 3 heteroatoms. The maximum Gasteiger partial charge on any atom is 0.0990 e. The summed E-state index contributed by atoms with van der Waals surface area (Å²) in [5.74, 6) is 0.462. The molecular formula is C21H37O2Si. The average Bonchev–Trinajstić information content (AvgIpc) is 2.46. The summed E-state index contributed by atoms with van der Waals surface area (Å²) in [7, 11) is -0.905. The molecule has 24 heavy (non-hydrogen) atoms. The van der Waals surface area contributed by atoms with Gasteiger partial charge in [-0.15, -0.1) is 0 Å². The SMILES string of the molecule is C=C(C)C1=C(C)C(CCCC)=C(O)C([Si](C)C)C1(O)CCCCC. The lowest BCUT2D eigenvalue weighted by Crippen LogP contribution is -2.46. The van der Waals surface area contributed by atoms with Gasteiger partial charge in [0.05, 0.1) is 20.2 Å². The summed E-state index contributed by atoms with van der Waals surface area (Å²) < 4.78 is 0. The highest BCUT2D eigenvalue weighted by Crippen LogP contribution is 2.51. The van der Waals surface area contributed by atoms with Crippen LogP contribution in [-0.4, -0.2) is 24.6 Å². The Morgan fingerprint density at radius 1 is 1.17 bits per heavy atom. The molecule has 0 bridgehead atoms. The van der Waals surface area contributed by atoms with E-state index < -0.39 is 14.4 Å². The van der Waals surface area contributed by atoms with Crippen molar-refractivity contribution in [3.8, 4) is 0 Å². The van der Waals surface area contributed by atoms with Crippen LogP contribution < -0.4 is 0 Å². The quantitative estimate of drug-likeness (QED) is 0.377. The van der Waals surface area contributed by atoms with Gasteiger partial charge in [-0.3, -0.25) is 0 Å². The van der Waals surface area contributed by atoms with Crippen LogP contribution in [0.5, 0.6) is 0 Å². The van der Waals surface area contributed by atoms with Gasteiger partial charge >= 0.3 is 0 Å². The Bertz CT molecular complexity index is 516. The van der Waals surface area contributed by atoms with Gasteiger partial charge in [0.15, 0.2) is 0 Å². The normalized spacial score (nSPS) is 24.9. The molecule has 0 spiro atoms. The van der Waals surface area contributed by atoms with E-state index in [-0.39, 0.29) is 5.54 Å². The minimum atomic E-state index is -0.956. The smallest absolute Gasteiger partial charge is 0.0990 e. The van der Waals surface area contributed by atoms with Crippen LogP contribution >= 0.6 is 0 Å². The molecule has 2 nitrogen and oxygen atoms in total. The fourth-order valence-corrected chi connectivity index (χ4v) is 6.20. The molecular weight excluding hydrogens is 312 g/mol. The predicted octanol–water partition coefficient (Wildman–Crippen LogP) is 6.33. The van der Waals surface area contributed by atoms with E-state index in [9.17, 15) is 10.2 Å². The second-order valence-corrected chi connectivity index (χ2v) is 10.4. The topological polar surface area (TPSA) is 40.5 Å². The van der Waals surface area contributed by atoms with Gasteiger partial charge in [-0.05, 0) is 49.8 Å². The van der Waals surface area contributed by atoms with Crippen LogP contribution in [0.1, 0.15) is 72.6 Å². The molecule has 2 unspecified atom stereocenters. The minimum absolute atomic E-state index is 0.137. The standard InChI is InChI=1S/C21H37O2Si/c1-8-10-12-14-21(23)18(15(3)4)16(5)17(13-11-9-2)19(22)20(21)24(6)7/h20,22-23H,3,8-14H2,1-2,4-7H3. The molecule has 2 atom stereocenters. The molecule has 2 N–H and O–H groups in total. The molecule has 0 aromatic heterocycles. The van der Waals surface area contributed by atoms with E-state index in [1.165, 1.54) is 0 Å². The van der Waals surface area contributed by atoms with Crippen molar-refractivity contribution in [2.75, 3.05) is 0 Å². The second kappa shape index (κ2) is 9.05. The van der Waals surface area contributed by atoms with E-state index in [1.54, 1.807) is 0 Å². The molecule has 1 aliphatic carbocycles. The Balaban J connectivity index is 3.45. The van der Waals surface area contributed by atoms with Gasteiger partial charge in [0.25, 0.3) is 0 Å². The molecule has 137 valence electrons. The highest BCUT2D eigenvalue weighted by molar-refractivity contribution is 6.58. The first-order valence-corrected chi connectivity index (χ1v) is 12.1. The van der Waals surface area contributed by atoms with Crippen molar-refractivity contribution in [1.29, 1.82) is 0 Å². The van der Waals surface area contributed by atoms with E-state index in [4.69, 9.17) is 0 Å². The fraction of sp³-hybridized carbons (Fsp3) is 0.714. The molecule has 1 rings (SSSR count). The summed E-state index contributed by atoms with van der Waals surface area (Å²) in [6.45, 7) is 17.0. The zero-order chi connectivity index (χ0) is 18.5. The first kappa shape index (κ1) is 21.2. The number of aliphatic hydroxyl groups is 2. The molecule has 0 aliphatic heterocycles. The van der Waals surface area contributed by atoms with Crippen molar-refractivity contribution >= 4 is 8.80 Å². The monoisotopic (exact) mass is 349 g/mol. The van der Waals surface area contributed by atoms with Crippen LogP contribution in [0.25, 0.3) is 0 Å². The molecule has 0 fully saturated rings. The molecule has 1 radical (unpaired) electrons. The lowest BCUT2D eigenvalue weighted by atomic mass is 9.72. The van der Waals surface area contributed by atoms with Gasteiger partial charge in [-0.1, -0.05) is 64.8 Å². The summed E-state index contributed by atoms with van der Waals surface area (Å²) in [6, 6.07) is 0. The summed E-state index contributed by atoms with van der Waals surface area (Å²) >= 11 is 0. The Hall–Kier alpha value is -0.803. The Morgan fingerprint density at radius 3 is 2.21 bits per heavy atom. The van der Waals surface area contributed by atoms with Crippen LogP contribution in [0, 0.1) is 0 Å². The van der Waals surface area contributed by atoms with Crippen molar-refractivity contribution in [1.82, 2.24) is 0 Å². The van der Waals surface area contributed by atoms with Crippen LogP contribution in [0.4, 0.5) is 0 Å². The lowest BCUT2D eigenvalue weighted by molar-refractivity contribution is 0.0525. The van der Waals surface area contributed by atoms with Crippen molar-refractivity contribution in [3.63, 3.8) is 0 Å². The minimum Gasteiger partial charge on any atom is -0.512 e. The maximum absolute atomic E-state index is 11.8. The van der Waals surface area contributed by atoms with Gasteiger partial charge < -0.3 is 10.2 Å². The lowest BCUT2D eigenvalue weighted by Gasteiger charge is -2.45. The first-order valence-electron chi connectivity index (χ1n) is 9.54. The van der Waals surface area contributed by atoms with E-state index in [0.29, 0.717) is 12.2 Å². The van der Waals surface area contributed by atoms with Crippen LogP contribution in [0.15, 0.2) is 34.6 Å². The molecule has 0 aromatic rings. The van der Waals surface area contributed by atoms with E-state index in [0.717, 1.165) is 60.8 Å². The number of hydrogen-bond donors (Lipinski definition) is 2. The fourth-order valence-electron chi connectivity index (χ4n) is 4.24. The molecule has 1 aliphatic rings. The number of rotatable bonds is 9. The van der Waals surface area contributed by atoms with Crippen molar-refractivity contribution < 1.29 is 10.2 Å². The third-order valence-corrected chi connectivity index (χ3v) is 7.17. The average molecular weight is 350 g/mol. The summed E-state index contributed by atoms with van der Waals surface area (Å²) in [5, 5.41) is 22.8. The highest BCUT2D eigenvalue weighted by Gasteiger charge is 2.48. The highest BCUT2D eigenvalue weighted by atomic mass is 28.3. The molecule has 0 amide bonds. The molecule has 0 heterocycles. The van der Waals surface area contributed by atoms with Crippen LogP contribution in [0.2, 0.25) is 18.6 Å². The summed E-state index contributed by atoms with van der Waals surface area (Å²) in [4.78, 5) is 0. The maximum atomic E-state index is 11.8. The Kier molecular flexibility index (Phi) is 8.01. The second-order valence-electron chi connectivity index (χ2n) is 7.64. The molecule has 0 saturated heterocycles. The third-order valence-electron chi connectivity index (χ3n) is 5.27. The van der Waals surface area contributed by atoms with Gasteiger partial charge in [0, 0.05) is 5.54 Å². The first-order chi connectivity index (χ1) is 11.2. The van der Waals surface area contributed by atoms with Crippen LogP contribution in [-0.2, 0) is 0 Å².